The van der Waals surface area contributed by atoms with Crippen molar-refractivity contribution in [1.29, 1.82) is 0 Å². The maximum absolute atomic E-state index is 13.0. The number of aryl methyl sites for hydroxylation is 2. The Morgan fingerprint density at radius 3 is 2.76 bits per heavy atom. The van der Waals surface area contributed by atoms with Crippen molar-refractivity contribution >= 4 is 16.8 Å². The molecule has 1 saturated heterocycles. The second-order valence-electron chi connectivity index (χ2n) is 6.81. The first kappa shape index (κ1) is 15.9. The van der Waals surface area contributed by atoms with Crippen LogP contribution in [0.25, 0.3) is 10.9 Å². The number of rotatable bonds is 3. The number of nitrogens with zero attached hydrogens (tertiary/aromatic N) is 4. The molecule has 1 aliphatic heterocycles. The Kier molecular flexibility index (Phi) is 4.07. The minimum absolute atomic E-state index is 0.147. The molecule has 5 nitrogen and oxygen atoms in total. The third-order valence-corrected chi connectivity index (χ3v) is 5.36. The molecule has 0 atom stereocenters. The van der Waals surface area contributed by atoms with Crippen LogP contribution < -0.4 is 0 Å². The smallest absolute Gasteiger partial charge is 0.256 e. The van der Waals surface area contributed by atoms with Gasteiger partial charge in [-0.05, 0) is 25.8 Å². The molecule has 1 aromatic carbocycles. The summed E-state index contributed by atoms with van der Waals surface area (Å²) in [5, 5.41) is 1.04. The minimum Gasteiger partial charge on any atom is -0.350 e. The minimum atomic E-state index is 0.147. The SMILES string of the molecule is CCn1ccnc1C1CCN(C(=O)c2cn(C)c3ccccc23)CC1. The molecule has 0 saturated carbocycles. The predicted molar refractivity (Wildman–Crippen MR) is 98.7 cm³/mol. The molecule has 1 aliphatic rings. The summed E-state index contributed by atoms with van der Waals surface area (Å²) in [7, 11) is 2.00. The summed E-state index contributed by atoms with van der Waals surface area (Å²) in [6, 6.07) is 8.10. The molecular weight excluding hydrogens is 312 g/mol. The van der Waals surface area contributed by atoms with Crippen LogP contribution in [0, 0.1) is 0 Å². The van der Waals surface area contributed by atoms with Gasteiger partial charge in [0, 0.05) is 62.1 Å². The second-order valence-corrected chi connectivity index (χ2v) is 6.81. The Hall–Kier alpha value is -2.56. The molecule has 25 heavy (non-hydrogen) atoms. The zero-order valence-corrected chi connectivity index (χ0v) is 14.9. The van der Waals surface area contributed by atoms with Crippen LogP contribution in [0.3, 0.4) is 0 Å². The number of carbonyl (C=O) groups is 1. The Morgan fingerprint density at radius 2 is 2.00 bits per heavy atom. The van der Waals surface area contributed by atoms with E-state index in [1.54, 1.807) is 0 Å². The molecular formula is C20H24N4O. The molecule has 0 unspecified atom stereocenters. The summed E-state index contributed by atoms with van der Waals surface area (Å²) >= 11 is 0. The molecule has 0 bridgehead atoms. The van der Waals surface area contributed by atoms with Gasteiger partial charge in [0.1, 0.15) is 5.82 Å². The summed E-state index contributed by atoms with van der Waals surface area (Å²) in [5.74, 6) is 1.76. The average molecular weight is 336 g/mol. The predicted octanol–water partition coefficient (Wildman–Crippen LogP) is 3.41. The van der Waals surface area contributed by atoms with Gasteiger partial charge < -0.3 is 14.0 Å². The highest BCUT2D eigenvalue weighted by Crippen LogP contribution is 2.29. The van der Waals surface area contributed by atoms with E-state index in [4.69, 9.17) is 0 Å². The lowest BCUT2D eigenvalue weighted by Gasteiger charge is -2.31. The number of amides is 1. The first-order valence-corrected chi connectivity index (χ1v) is 9.03. The van der Waals surface area contributed by atoms with E-state index in [9.17, 15) is 4.79 Å². The van der Waals surface area contributed by atoms with Crippen LogP contribution in [0.5, 0.6) is 0 Å². The number of imidazole rings is 1. The summed E-state index contributed by atoms with van der Waals surface area (Å²) < 4.78 is 4.25. The van der Waals surface area contributed by atoms with Gasteiger partial charge >= 0.3 is 0 Å². The second kappa shape index (κ2) is 6.39. The van der Waals surface area contributed by atoms with Crippen LogP contribution in [0.15, 0.2) is 42.9 Å². The number of likely N-dealkylation sites (tertiary alicyclic amines) is 1. The van der Waals surface area contributed by atoms with Crippen LogP contribution in [0.1, 0.15) is 41.9 Å². The lowest BCUT2D eigenvalue weighted by Crippen LogP contribution is -2.38. The van der Waals surface area contributed by atoms with Crippen LogP contribution in [-0.2, 0) is 13.6 Å². The Labute approximate surface area is 147 Å². The van der Waals surface area contributed by atoms with Gasteiger partial charge in [0.15, 0.2) is 0 Å². The molecule has 0 spiro atoms. The van der Waals surface area contributed by atoms with Gasteiger partial charge in [-0.25, -0.2) is 4.98 Å². The number of hydrogen-bond acceptors (Lipinski definition) is 2. The Balaban J connectivity index is 1.51. The van der Waals surface area contributed by atoms with Crippen molar-refractivity contribution < 1.29 is 4.79 Å². The molecule has 2 aromatic heterocycles. The standard InChI is InChI=1S/C20H24N4O/c1-3-23-13-10-21-19(23)15-8-11-24(12-9-15)20(25)17-14-22(2)18-7-5-4-6-16(17)18/h4-7,10,13-15H,3,8-9,11-12H2,1-2H3. The summed E-state index contributed by atoms with van der Waals surface area (Å²) in [6.07, 6.45) is 7.85. The van der Waals surface area contributed by atoms with E-state index in [-0.39, 0.29) is 5.91 Å². The largest absolute Gasteiger partial charge is 0.350 e. The van der Waals surface area contributed by atoms with Crippen LogP contribution in [0.4, 0.5) is 0 Å². The highest BCUT2D eigenvalue weighted by atomic mass is 16.2. The van der Waals surface area contributed by atoms with Crippen molar-refractivity contribution in [1.82, 2.24) is 19.0 Å². The molecule has 1 amide bonds. The number of piperidine rings is 1. The van der Waals surface area contributed by atoms with Gasteiger partial charge in [0.2, 0.25) is 0 Å². The number of fused-ring (bicyclic) bond motifs is 1. The maximum atomic E-state index is 13.0. The van der Waals surface area contributed by atoms with Crippen molar-refractivity contribution in [3.05, 3.63) is 54.2 Å². The van der Waals surface area contributed by atoms with E-state index >= 15 is 0 Å². The van der Waals surface area contributed by atoms with Gasteiger partial charge in [-0.3, -0.25) is 4.79 Å². The average Bonchev–Trinajstić information content (AvgIpc) is 3.26. The molecule has 1 fully saturated rings. The van der Waals surface area contributed by atoms with E-state index < -0.39 is 0 Å². The first-order valence-electron chi connectivity index (χ1n) is 9.03. The van der Waals surface area contributed by atoms with Crippen molar-refractivity contribution in [3.8, 4) is 0 Å². The summed E-state index contributed by atoms with van der Waals surface area (Å²) in [5.41, 5.74) is 1.91. The van der Waals surface area contributed by atoms with Crippen LogP contribution in [0.2, 0.25) is 0 Å². The molecule has 5 heteroatoms. The van der Waals surface area contributed by atoms with E-state index in [2.05, 4.69) is 22.5 Å². The van der Waals surface area contributed by atoms with Crippen molar-refractivity contribution in [2.75, 3.05) is 13.1 Å². The van der Waals surface area contributed by atoms with Crippen molar-refractivity contribution in [2.24, 2.45) is 7.05 Å². The molecule has 3 aromatic rings. The topological polar surface area (TPSA) is 43.1 Å². The van der Waals surface area contributed by atoms with Gasteiger partial charge in [-0.2, -0.15) is 0 Å². The third kappa shape index (κ3) is 2.73. The lowest BCUT2D eigenvalue weighted by molar-refractivity contribution is 0.0712. The van der Waals surface area contributed by atoms with Crippen LogP contribution >= 0.6 is 0 Å². The van der Waals surface area contributed by atoms with Gasteiger partial charge in [0.25, 0.3) is 5.91 Å². The zero-order chi connectivity index (χ0) is 17.4. The van der Waals surface area contributed by atoms with E-state index in [1.165, 1.54) is 5.82 Å². The number of hydrogen-bond donors (Lipinski definition) is 0. The van der Waals surface area contributed by atoms with Crippen molar-refractivity contribution in [2.45, 2.75) is 32.2 Å². The normalized spacial score (nSPS) is 15.8. The lowest BCUT2D eigenvalue weighted by atomic mass is 9.95. The molecule has 130 valence electrons. The first-order chi connectivity index (χ1) is 12.2. The Morgan fingerprint density at radius 1 is 1.24 bits per heavy atom. The van der Waals surface area contributed by atoms with Gasteiger partial charge in [-0.15, -0.1) is 0 Å². The fourth-order valence-electron chi connectivity index (χ4n) is 3.97. The highest BCUT2D eigenvalue weighted by Gasteiger charge is 2.28. The van der Waals surface area contributed by atoms with Gasteiger partial charge in [0.05, 0.1) is 5.56 Å². The van der Waals surface area contributed by atoms with Crippen molar-refractivity contribution in [3.63, 3.8) is 0 Å². The van der Waals surface area contributed by atoms with E-state index in [1.807, 2.05) is 53.3 Å². The number of carbonyl (C=O) groups excluding carboxylic acids is 1. The fraction of sp³-hybridized carbons (Fsp3) is 0.400. The highest BCUT2D eigenvalue weighted by molar-refractivity contribution is 6.07. The molecule has 0 aliphatic carbocycles. The monoisotopic (exact) mass is 336 g/mol. The molecule has 4 rings (SSSR count). The summed E-state index contributed by atoms with van der Waals surface area (Å²) in [6.45, 7) is 4.68. The summed E-state index contributed by atoms with van der Waals surface area (Å²) in [4.78, 5) is 19.6. The van der Waals surface area contributed by atoms with E-state index in [0.29, 0.717) is 5.92 Å². The van der Waals surface area contributed by atoms with Crippen LogP contribution in [-0.4, -0.2) is 38.0 Å². The number of benzene rings is 1. The molecule has 3 heterocycles. The molecule has 0 radical (unpaired) electrons. The third-order valence-electron chi connectivity index (χ3n) is 5.36. The maximum Gasteiger partial charge on any atom is 0.256 e. The van der Waals surface area contributed by atoms with Gasteiger partial charge in [-0.1, -0.05) is 18.2 Å². The number of aromatic nitrogens is 3. The molecule has 0 N–H and O–H groups in total. The quantitative estimate of drug-likeness (QED) is 0.735. The zero-order valence-electron chi connectivity index (χ0n) is 14.9. The van der Waals surface area contributed by atoms with E-state index in [0.717, 1.165) is 48.9 Å². The fourth-order valence-corrected chi connectivity index (χ4v) is 3.97. The Bertz CT molecular complexity index is 899. The number of para-hydroxylation sites is 1.